The van der Waals surface area contributed by atoms with Crippen molar-refractivity contribution in [1.82, 2.24) is 15.2 Å². The number of H-pyrrole nitrogens is 1. The second-order valence-electron chi connectivity index (χ2n) is 5.94. The van der Waals surface area contributed by atoms with Gasteiger partial charge in [-0.2, -0.15) is 0 Å². The minimum atomic E-state index is -0.915. The fourth-order valence-electron chi connectivity index (χ4n) is 2.84. The Morgan fingerprint density at radius 2 is 2.04 bits per heavy atom. The van der Waals surface area contributed by atoms with E-state index in [1.54, 1.807) is 11.8 Å². The van der Waals surface area contributed by atoms with E-state index in [-0.39, 0.29) is 24.9 Å². The lowest BCUT2D eigenvalue weighted by Gasteiger charge is -2.26. The number of carbonyl (C=O) groups is 2. The average molecular weight is 368 g/mol. The van der Waals surface area contributed by atoms with Gasteiger partial charge < -0.3 is 15.4 Å². The van der Waals surface area contributed by atoms with Crippen LogP contribution in [0.25, 0.3) is 10.9 Å². The van der Waals surface area contributed by atoms with E-state index in [0.717, 1.165) is 23.9 Å². The van der Waals surface area contributed by atoms with Gasteiger partial charge in [0.2, 0.25) is 5.91 Å². The number of carboxylic acids is 1. The van der Waals surface area contributed by atoms with Crippen molar-refractivity contribution in [3.63, 3.8) is 0 Å². The van der Waals surface area contributed by atoms with Gasteiger partial charge in [0.15, 0.2) is 0 Å². The number of aliphatic carboxylic acids is 1. The monoisotopic (exact) mass is 367 g/mol. The number of aromatic nitrogens is 1. The van der Waals surface area contributed by atoms with E-state index >= 15 is 0 Å². The summed E-state index contributed by atoms with van der Waals surface area (Å²) < 4.78 is 0. The second-order valence-corrected chi connectivity index (χ2v) is 5.94. The number of benzene rings is 1. The van der Waals surface area contributed by atoms with Crippen LogP contribution in [0, 0.1) is 0 Å². The van der Waals surface area contributed by atoms with E-state index in [9.17, 15) is 9.59 Å². The predicted molar refractivity (Wildman–Crippen MR) is 101 cm³/mol. The van der Waals surface area contributed by atoms with Crippen LogP contribution in [-0.2, 0) is 16.0 Å². The van der Waals surface area contributed by atoms with Crippen LogP contribution in [-0.4, -0.2) is 52.5 Å². The van der Waals surface area contributed by atoms with Crippen LogP contribution in [0.3, 0.4) is 0 Å². The van der Waals surface area contributed by atoms with Crippen molar-refractivity contribution in [2.75, 3.05) is 19.6 Å². The third-order valence-corrected chi connectivity index (χ3v) is 4.14. The molecule has 1 aromatic heterocycles. The molecule has 1 unspecified atom stereocenters. The maximum absolute atomic E-state index is 12.3. The molecule has 2 aromatic rings. The van der Waals surface area contributed by atoms with Crippen molar-refractivity contribution >= 4 is 35.2 Å². The summed E-state index contributed by atoms with van der Waals surface area (Å²) in [6.07, 6.45) is 3.50. The van der Waals surface area contributed by atoms with Crippen molar-refractivity contribution in [3.05, 3.63) is 36.0 Å². The first kappa shape index (κ1) is 21.0. The molecule has 0 aliphatic heterocycles. The second kappa shape index (κ2) is 10.1. The molecule has 1 heterocycles. The average Bonchev–Trinajstić information content (AvgIpc) is 2.96. The molecule has 2 rings (SSSR count). The minimum Gasteiger partial charge on any atom is -0.480 e. The summed E-state index contributed by atoms with van der Waals surface area (Å²) in [6.45, 7) is 4.71. The van der Waals surface area contributed by atoms with E-state index in [2.05, 4.69) is 16.4 Å². The number of nitrogens with zero attached hydrogens (tertiary/aromatic N) is 1. The summed E-state index contributed by atoms with van der Waals surface area (Å²) in [5, 5.41) is 13.0. The third kappa shape index (κ3) is 5.76. The molecule has 0 spiro atoms. The number of hydrogen-bond donors (Lipinski definition) is 3. The van der Waals surface area contributed by atoms with Crippen LogP contribution in [0.15, 0.2) is 30.5 Å². The van der Waals surface area contributed by atoms with Gasteiger partial charge in [-0.3, -0.25) is 14.5 Å². The topological polar surface area (TPSA) is 85.4 Å². The predicted octanol–water partition coefficient (Wildman–Crippen LogP) is 2.43. The minimum absolute atomic E-state index is 0. The number of aromatic amines is 1. The highest BCUT2D eigenvalue weighted by atomic mass is 35.5. The van der Waals surface area contributed by atoms with Gasteiger partial charge in [0.1, 0.15) is 0 Å². The zero-order valence-corrected chi connectivity index (χ0v) is 15.4. The van der Waals surface area contributed by atoms with Gasteiger partial charge in [0.05, 0.1) is 12.6 Å². The molecule has 0 saturated carbocycles. The van der Waals surface area contributed by atoms with Crippen molar-refractivity contribution in [3.8, 4) is 0 Å². The lowest BCUT2D eigenvalue weighted by molar-refractivity contribution is -0.139. The van der Waals surface area contributed by atoms with Crippen molar-refractivity contribution in [1.29, 1.82) is 0 Å². The fraction of sp³-hybridized carbons (Fsp3) is 0.444. The maximum atomic E-state index is 12.3. The number of para-hydroxylation sites is 1. The first-order valence-electron chi connectivity index (χ1n) is 8.31. The SMILES string of the molecule is CCCN(CC(=O)O)C(C)C(=O)NCCc1c[nH]c2ccccc12.Cl. The molecule has 138 valence electrons. The van der Waals surface area contributed by atoms with Gasteiger partial charge in [-0.25, -0.2) is 0 Å². The molecule has 0 radical (unpaired) electrons. The summed E-state index contributed by atoms with van der Waals surface area (Å²) >= 11 is 0. The van der Waals surface area contributed by atoms with Gasteiger partial charge in [0.25, 0.3) is 0 Å². The lowest BCUT2D eigenvalue weighted by Crippen LogP contribution is -2.47. The molecule has 1 aromatic carbocycles. The quantitative estimate of drug-likeness (QED) is 0.635. The summed E-state index contributed by atoms with van der Waals surface area (Å²) in [4.78, 5) is 28.1. The highest BCUT2D eigenvalue weighted by molar-refractivity contribution is 5.85. The number of fused-ring (bicyclic) bond motifs is 1. The Hall–Kier alpha value is -2.05. The molecule has 0 aliphatic rings. The molecule has 0 bridgehead atoms. The van der Waals surface area contributed by atoms with Crippen LogP contribution in [0.5, 0.6) is 0 Å². The van der Waals surface area contributed by atoms with Crippen LogP contribution < -0.4 is 5.32 Å². The lowest BCUT2D eigenvalue weighted by atomic mass is 10.1. The number of amides is 1. The van der Waals surface area contributed by atoms with E-state index in [4.69, 9.17) is 5.11 Å². The van der Waals surface area contributed by atoms with Gasteiger partial charge in [0, 0.05) is 23.6 Å². The van der Waals surface area contributed by atoms with Gasteiger partial charge in [-0.1, -0.05) is 25.1 Å². The Labute approximate surface area is 154 Å². The van der Waals surface area contributed by atoms with Crippen LogP contribution in [0.4, 0.5) is 0 Å². The molecule has 6 nitrogen and oxygen atoms in total. The summed E-state index contributed by atoms with van der Waals surface area (Å²) in [5.74, 6) is -1.05. The van der Waals surface area contributed by atoms with Crippen molar-refractivity contribution < 1.29 is 14.7 Å². The number of carbonyl (C=O) groups excluding carboxylic acids is 1. The van der Waals surface area contributed by atoms with E-state index < -0.39 is 12.0 Å². The Morgan fingerprint density at radius 1 is 1.32 bits per heavy atom. The Balaban J connectivity index is 0.00000312. The van der Waals surface area contributed by atoms with E-state index in [1.165, 1.54) is 5.39 Å². The molecule has 3 N–H and O–H groups in total. The van der Waals surface area contributed by atoms with Crippen LogP contribution in [0.2, 0.25) is 0 Å². The summed E-state index contributed by atoms with van der Waals surface area (Å²) in [5.41, 5.74) is 2.25. The molecule has 7 heteroatoms. The highest BCUT2D eigenvalue weighted by Gasteiger charge is 2.22. The molecule has 25 heavy (non-hydrogen) atoms. The van der Waals surface area contributed by atoms with Crippen LogP contribution in [0.1, 0.15) is 25.8 Å². The van der Waals surface area contributed by atoms with Crippen molar-refractivity contribution in [2.24, 2.45) is 0 Å². The zero-order chi connectivity index (χ0) is 17.5. The van der Waals surface area contributed by atoms with Gasteiger partial charge in [-0.05, 0) is 37.9 Å². The first-order chi connectivity index (χ1) is 11.5. The first-order valence-corrected chi connectivity index (χ1v) is 8.31. The van der Waals surface area contributed by atoms with E-state index in [1.807, 2.05) is 31.3 Å². The molecular formula is C18H26ClN3O3. The number of hydrogen-bond acceptors (Lipinski definition) is 3. The Morgan fingerprint density at radius 3 is 2.72 bits per heavy atom. The third-order valence-electron chi connectivity index (χ3n) is 4.14. The van der Waals surface area contributed by atoms with Gasteiger partial charge in [-0.15, -0.1) is 12.4 Å². The molecule has 0 saturated heterocycles. The molecule has 0 fully saturated rings. The maximum Gasteiger partial charge on any atom is 0.317 e. The summed E-state index contributed by atoms with van der Waals surface area (Å²) in [6, 6.07) is 7.60. The Kier molecular flexibility index (Phi) is 8.45. The normalized spacial score (nSPS) is 12.0. The van der Waals surface area contributed by atoms with Crippen molar-refractivity contribution in [2.45, 2.75) is 32.7 Å². The zero-order valence-electron chi connectivity index (χ0n) is 14.6. The molecule has 1 atom stereocenters. The highest BCUT2D eigenvalue weighted by Crippen LogP contribution is 2.17. The molecule has 0 aliphatic carbocycles. The Bertz CT molecular complexity index is 702. The largest absolute Gasteiger partial charge is 0.480 e. The molecule has 1 amide bonds. The van der Waals surface area contributed by atoms with Gasteiger partial charge >= 0.3 is 5.97 Å². The number of rotatable bonds is 9. The standard InChI is InChI=1S/C18H25N3O3.ClH/c1-3-10-21(12-17(22)23)13(2)18(24)19-9-8-14-11-20-16-7-5-4-6-15(14)16;/h4-7,11,13,20H,3,8-10,12H2,1-2H3,(H,19,24)(H,22,23);1H. The number of carboxylic acid groups (broad SMARTS) is 1. The summed E-state index contributed by atoms with van der Waals surface area (Å²) in [7, 11) is 0. The van der Waals surface area contributed by atoms with Crippen LogP contribution >= 0.6 is 12.4 Å². The number of halogens is 1. The fourth-order valence-corrected chi connectivity index (χ4v) is 2.84. The smallest absolute Gasteiger partial charge is 0.317 e. The number of nitrogens with one attached hydrogen (secondary N) is 2. The van der Waals surface area contributed by atoms with E-state index in [0.29, 0.717) is 13.1 Å². The molecular weight excluding hydrogens is 342 g/mol.